The predicted molar refractivity (Wildman–Crippen MR) is 18.1 cm³/mol. The Kier molecular flexibility index (Phi) is 47600. The smallest absolute Gasteiger partial charge is 1.00 e. The number of halogens is 1. The van der Waals surface area contributed by atoms with Gasteiger partial charge in [0, 0.05) is 0 Å². The van der Waals surface area contributed by atoms with Crippen LogP contribution in [0.3, 0.4) is 0 Å². The van der Waals surface area contributed by atoms with Crippen molar-refractivity contribution in [3.05, 3.63) is 0 Å². The first-order valence-corrected chi connectivity index (χ1v) is 0. The third-order valence-electron chi connectivity index (χ3n) is 0. The minimum atomic E-state index is 0. The first-order valence-electron chi connectivity index (χ1n) is 0. The van der Waals surface area contributed by atoms with Gasteiger partial charge in [0.2, 0.25) is 0 Å². The third-order valence-corrected chi connectivity index (χ3v) is 0. The Hall–Kier alpha value is 0.687. The molecule has 0 bridgehead atoms. The Morgan fingerprint density at radius 1 is 0.429 bits per heavy atom. The van der Waals surface area contributed by atoms with Crippen molar-refractivity contribution in [2.24, 2.45) is 0 Å². The summed E-state index contributed by atoms with van der Waals surface area (Å²) in [6.45, 7) is 0. The second-order valence-corrected chi connectivity index (χ2v) is 0. The van der Waals surface area contributed by atoms with E-state index in [0.717, 1.165) is 0 Å². The summed E-state index contributed by atoms with van der Waals surface area (Å²) in [6.07, 6.45) is 0. The molecule has 7 heavy (non-hydrogen) atoms. The van der Waals surface area contributed by atoms with Crippen molar-refractivity contribution in [1.29, 1.82) is 0 Å². The minimum absolute atomic E-state index is 0. The van der Waals surface area contributed by atoms with Crippen molar-refractivity contribution in [2.45, 2.75) is 0 Å². The normalized spacial score (nSPS) is 0. The van der Waals surface area contributed by atoms with Gasteiger partial charge in [-0.15, -0.1) is 0 Å². The summed E-state index contributed by atoms with van der Waals surface area (Å²) in [6, 6.07) is 0. The van der Waals surface area contributed by atoms with Gasteiger partial charge in [0.25, 0.3) is 0 Å². The van der Waals surface area contributed by atoms with Crippen molar-refractivity contribution in [1.82, 2.24) is 0 Å². The molecule has 0 saturated carbocycles. The molecule has 0 aliphatic heterocycles. The molecule has 0 aromatic rings. The molecule has 0 aromatic heterocycles. The molecule has 0 rings (SSSR count). The van der Waals surface area contributed by atoms with E-state index in [1.807, 2.05) is 0 Å². The molecule has 0 radical (unpaired) electrons. The van der Waals surface area contributed by atoms with E-state index in [9.17, 15) is 0 Å². The second-order valence-electron chi connectivity index (χ2n) is 0. The zero-order valence-corrected chi connectivity index (χ0v) is 4.63. The van der Waals surface area contributed by atoms with Crippen LogP contribution in [0.1, 0.15) is 0 Å². The van der Waals surface area contributed by atoms with Crippen LogP contribution in [0.5, 0.6) is 0 Å². The number of hydrogen-bond acceptors (Lipinski definition) is 0. The third kappa shape index (κ3) is 311. The number of rotatable bonds is 0. The summed E-state index contributed by atoms with van der Waals surface area (Å²) in [5.74, 6) is 0. The Labute approximate surface area is 59.2 Å². The summed E-state index contributed by atoms with van der Waals surface area (Å²) < 4.78 is 0. The SMILES string of the molecule is O.O.O.O.O.[Cl-].[Li+]. The molecule has 5 nitrogen and oxygen atoms in total. The Morgan fingerprint density at radius 2 is 0.429 bits per heavy atom. The van der Waals surface area contributed by atoms with Gasteiger partial charge >= 0.3 is 18.9 Å². The summed E-state index contributed by atoms with van der Waals surface area (Å²) in [4.78, 5) is 0. The van der Waals surface area contributed by atoms with Crippen molar-refractivity contribution < 1.29 is 58.6 Å². The van der Waals surface area contributed by atoms with Crippen LogP contribution in [-0.2, 0) is 0 Å². The van der Waals surface area contributed by atoms with Crippen molar-refractivity contribution >= 4 is 0 Å². The molecule has 0 aromatic carbocycles. The van der Waals surface area contributed by atoms with Crippen molar-refractivity contribution in [3.8, 4) is 0 Å². The molecule has 0 fully saturated rings. The quantitative estimate of drug-likeness (QED) is 0.287. The number of hydrogen-bond donors (Lipinski definition) is 0. The Bertz CT molecular complexity index is 8.04. The molecule has 0 aliphatic rings. The van der Waals surface area contributed by atoms with Gasteiger partial charge in [-0.1, -0.05) is 0 Å². The van der Waals surface area contributed by atoms with Gasteiger partial charge in [-0.2, -0.15) is 0 Å². The van der Waals surface area contributed by atoms with E-state index in [1.54, 1.807) is 0 Å². The topological polar surface area (TPSA) is 158 Å². The largest absolute Gasteiger partial charge is 1.00 e. The Balaban J connectivity index is 0. The van der Waals surface area contributed by atoms with E-state index in [0.29, 0.717) is 0 Å². The molecule has 10 N–H and O–H groups in total. The Morgan fingerprint density at radius 3 is 0.429 bits per heavy atom. The van der Waals surface area contributed by atoms with E-state index < -0.39 is 0 Å². The molecule has 0 spiro atoms. The fraction of sp³-hybridized carbons (Fsp3) is 0. The predicted octanol–water partition coefficient (Wildman–Crippen LogP) is -10.1. The van der Waals surface area contributed by atoms with Crippen LogP contribution in [0.15, 0.2) is 0 Å². The van der Waals surface area contributed by atoms with Crippen molar-refractivity contribution in [2.75, 3.05) is 0 Å². The fourth-order valence-electron chi connectivity index (χ4n) is 0. The molecular weight excluding hydrogens is 122 g/mol. The van der Waals surface area contributed by atoms with E-state index in [2.05, 4.69) is 0 Å². The summed E-state index contributed by atoms with van der Waals surface area (Å²) in [5, 5.41) is 0. The molecule has 0 saturated heterocycles. The average molecular weight is 132 g/mol. The zero-order valence-electron chi connectivity index (χ0n) is 3.88. The van der Waals surface area contributed by atoms with E-state index >= 15 is 0 Å². The minimum Gasteiger partial charge on any atom is -1.00 e. The van der Waals surface area contributed by atoms with Gasteiger partial charge in [0.05, 0.1) is 0 Å². The zero-order chi connectivity index (χ0) is 0. The van der Waals surface area contributed by atoms with E-state index in [4.69, 9.17) is 0 Å². The van der Waals surface area contributed by atoms with Crippen LogP contribution < -0.4 is 31.3 Å². The van der Waals surface area contributed by atoms with Crippen LogP contribution in [-0.4, -0.2) is 27.4 Å². The average Bonchev–Trinajstić information content (AvgIpc) is 0. The fourth-order valence-corrected chi connectivity index (χ4v) is 0. The summed E-state index contributed by atoms with van der Waals surface area (Å²) >= 11 is 0. The van der Waals surface area contributed by atoms with Crippen LogP contribution in [0.4, 0.5) is 0 Å². The van der Waals surface area contributed by atoms with Crippen LogP contribution in [0.25, 0.3) is 0 Å². The standard InChI is InChI=1S/ClH.Li.5H2O/h1H;;5*1H2/q;+1;;;;;/p-1. The molecule has 0 heterocycles. The molecule has 0 aliphatic carbocycles. The van der Waals surface area contributed by atoms with Gasteiger partial charge in [-0.3, -0.25) is 0 Å². The van der Waals surface area contributed by atoms with E-state index in [1.165, 1.54) is 0 Å². The summed E-state index contributed by atoms with van der Waals surface area (Å²) in [7, 11) is 0. The maximum Gasteiger partial charge on any atom is 1.00 e. The first-order chi connectivity index (χ1) is 0. The van der Waals surface area contributed by atoms with Gasteiger partial charge in [0.15, 0.2) is 0 Å². The van der Waals surface area contributed by atoms with Crippen molar-refractivity contribution in [3.63, 3.8) is 0 Å². The van der Waals surface area contributed by atoms with Crippen LogP contribution >= 0.6 is 0 Å². The maximum atomic E-state index is 0. The van der Waals surface area contributed by atoms with Gasteiger partial charge in [-0.05, 0) is 0 Å². The van der Waals surface area contributed by atoms with Crippen LogP contribution in [0.2, 0.25) is 0 Å². The molecule has 0 unspecified atom stereocenters. The molecular formula is H10ClLiO5. The summed E-state index contributed by atoms with van der Waals surface area (Å²) in [5.41, 5.74) is 0. The molecule has 48 valence electrons. The molecule has 7 heteroatoms. The monoisotopic (exact) mass is 132 g/mol. The van der Waals surface area contributed by atoms with Gasteiger partial charge in [-0.25, -0.2) is 0 Å². The maximum absolute atomic E-state index is 0. The molecule has 0 amide bonds. The van der Waals surface area contributed by atoms with Crippen LogP contribution in [0, 0.1) is 0 Å². The first kappa shape index (κ1) is 728. The van der Waals surface area contributed by atoms with Gasteiger partial charge < -0.3 is 39.8 Å². The van der Waals surface area contributed by atoms with E-state index in [-0.39, 0.29) is 58.6 Å². The van der Waals surface area contributed by atoms with Gasteiger partial charge in [0.1, 0.15) is 0 Å². The second kappa shape index (κ2) is 458. The molecule has 0 atom stereocenters.